The maximum Gasteiger partial charge on any atom is 0.329 e. The number of ether oxygens (including phenoxy) is 1. The van der Waals surface area contributed by atoms with Crippen LogP contribution in [-0.2, 0) is 17.9 Å². The molecule has 8 nitrogen and oxygen atoms in total. The molecule has 0 unspecified atom stereocenters. The van der Waals surface area contributed by atoms with E-state index in [-0.39, 0.29) is 24.0 Å². The molecular formula is C25H23N5O3. The zero-order valence-electron chi connectivity index (χ0n) is 18.4. The zero-order chi connectivity index (χ0) is 23.4. The second kappa shape index (κ2) is 9.40. The van der Waals surface area contributed by atoms with Crippen molar-refractivity contribution in [2.45, 2.75) is 33.4 Å². The number of carbonyl (C=O) groups is 1. The maximum absolute atomic E-state index is 12.9. The fourth-order valence-corrected chi connectivity index (χ4v) is 3.71. The Morgan fingerprint density at radius 1 is 1.12 bits per heavy atom. The average Bonchev–Trinajstić information content (AvgIpc) is 3.07. The van der Waals surface area contributed by atoms with Crippen LogP contribution in [0.3, 0.4) is 0 Å². The summed E-state index contributed by atoms with van der Waals surface area (Å²) >= 11 is 0. The van der Waals surface area contributed by atoms with E-state index in [0.717, 1.165) is 23.0 Å². The maximum atomic E-state index is 12.9. The molecule has 166 valence electrons. The van der Waals surface area contributed by atoms with Crippen molar-refractivity contribution in [2.24, 2.45) is 0 Å². The number of nitrogens with zero attached hydrogens (tertiary/aromatic N) is 4. The molecule has 8 heteroatoms. The number of aromatic nitrogens is 3. The molecule has 2 heterocycles. The van der Waals surface area contributed by atoms with Gasteiger partial charge in [0, 0.05) is 18.4 Å². The summed E-state index contributed by atoms with van der Waals surface area (Å²) < 4.78 is 8.93. The van der Waals surface area contributed by atoms with Gasteiger partial charge in [-0.1, -0.05) is 19.1 Å². The highest BCUT2D eigenvalue weighted by molar-refractivity contribution is 5.92. The molecule has 33 heavy (non-hydrogen) atoms. The van der Waals surface area contributed by atoms with Crippen LogP contribution in [0.25, 0.3) is 11.0 Å². The first-order valence-corrected chi connectivity index (χ1v) is 10.6. The minimum absolute atomic E-state index is 0.0901. The summed E-state index contributed by atoms with van der Waals surface area (Å²) in [5.41, 5.74) is 3.07. The topological polar surface area (TPSA) is 102 Å². The molecule has 0 spiro atoms. The Morgan fingerprint density at radius 3 is 2.58 bits per heavy atom. The lowest BCUT2D eigenvalue weighted by atomic mass is 10.2. The molecule has 2 aromatic heterocycles. The Kier molecular flexibility index (Phi) is 6.22. The largest absolute Gasteiger partial charge is 0.438 e. The van der Waals surface area contributed by atoms with Crippen LogP contribution in [0.5, 0.6) is 11.6 Å². The van der Waals surface area contributed by atoms with Gasteiger partial charge in [-0.3, -0.25) is 13.9 Å². The molecule has 0 radical (unpaired) electrons. The van der Waals surface area contributed by atoms with Crippen molar-refractivity contribution in [3.63, 3.8) is 0 Å². The zero-order valence-corrected chi connectivity index (χ0v) is 18.4. The Morgan fingerprint density at radius 2 is 1.88 bits per heavy atom. The second-order valence-corrected chi connectivity index (χ2v) is 7.60. The van der Waals surface area contributed by atoms with Crippen molar-refractivity contribution >= 4 is 22.6 Å². The van der Waals surface area contributed by atoms with Gasteiger partial charge in [0.2, 0.25) is 11.8 Å². The Balaban J connectivity index is 1.52. The summed E-state index contributed by atoms with van der Waals surface area (Å²) in [4.78, 5) is 29.8. The first kappa shape index (κ1) is 21.8. The van der Waals surface area contributed by atoms with Gasteiger partial charge in [-0.2, -0.15) is 5.26 Å². The quantitative estimate of drug-likeness (QED) is 0.463. The normalized spacial score (nSPS) is 10.7. The van der Waals surface area contributed by atoms with Crippen molar-refractivity contribution in [1.82, 2.24) is 14.1 Å². The molecule has 0 fully saturated rings. The monoisotopic (exact) mass is 441 g/mol. The summed E-state index contributed by atoms with van der Waals surface area (Å²) in [5, 5.41) is 12.1. The van der Waals surface area contributed by atoms with E-state index >= 15 is 0 Å². The average molecular weight is 441 g/mol. The number of pyridine rings is 1. The summed E-state index contributed by atoms with van der Waals surface area (Å²) in [6.07, 6.45) is 2.37. The van der Waals surface area contributed by atoms with Crippen molar-refractivity contribution in [3.8, 4) is 17.7 Å². The van der Waals surface area contributed by atoms with Crippen LogP contribution in [-0.4, -0.2) is 20.0 Å². The van der Waals surface area contributed by atoms with Gasteiger partial charge in [0.05, 0.1) is 11.0 Å². The standard InChI is InChI=1S/C25H23N5O3/c1-3-13-29-21-8-4-5-9-22(21)30(25(29)32)16-23(31)28-20-11-10-19(14-17(20)2)33-24-18(15-26)7-6-12-27-24/h4-12,14H,3,13,16H2,1-2H3,(H,28,31). The summed E-state index contributed by atoms with van der Waals surface area (Å²) in [5.74, 6) is 0.420. The molecule has 0 atom stereocenters. The molecule has 4 rings (SSSR count). The molecule has 1 amide bonds. The third-order valence-corrected chi connectivity index (χ3v) is 5.25. The van der Waals surface area contributed by atoms with E-state index < -0.39 is 0 Å². The fraction of sp³-hybridized carbons (Fsp3) is 0.200. The van der Waals surface area contributed by atoms with Crippen LogP contribution in [0.1, 0.15) is 24.5 Å². The lowest BCUT2D eigenvalue weighted by molar-refractivity contribution is -0.116. The Hall–Kier alpha value is -4.38. The van der Waals surface area contributed by atoms with Crippen LogP contribution < -0.4 is 15.7 Å². The number of amides is 1. The lowest BCUT2D eigenvalue weighted by Crippen LogP contribution is -2.29. The highest BCUT2D eigenvalue weighted by Gasteiger charge is 2.16. The molecule has 2 aromatic carbocycles. The third kappa shape index (κ3) is 4.48. The van der Waals surface area contributed by atoms with E-state index in [4.69, 9.17) is 4.74 Å². The Labute approximate surface area is 190 Å². The lowest BCUT2D eigenvalue weighted by Gasteiger charge is -2.11. The van der Waals surface area contributed by atoms with Crippen molar-refractivity contribution in [1.29, 1.82) is 5.26 Å². The smallest absolute Gasteiger partial charge is 0.329 e. The molecule has 0 bridgehead atoms. The number of nitrogens with one attached hydrogen (secondary N) is 1. The van der Waals surface area contributed by atoms with E-state index in [0.29, 0.717) is 23.5 Å². The van der Waals surface area contributed by atoms with Crippen LogP contribution in [0, 0.1) is 18.3 Å². The number of anilines is 1. The number of carbonyl (C=O) groups excluding carboxylic acids is 1. The van der Waals surface area contributed by atoms with Crippen molar-refractivity contribution in [3.05, 3.63) is 82.4 Å². The highest BCUT2D eigenvalue weighted by Crippen LogP contribution is 2.26. The van der Waals surface area contributed by atoms with Crippen molar-refractivity contribution in [2.75, 3.05) is 5.32 Å². The number of imidazole rings is 1. The fourth-order valence-electron chi connectivity index (χ4n) is 3.71. The van der Waals surface area contributed by atoms with Gasteiger partial charge in [-0.05, 0) is 61.4 Å². The van der Waals surface area contributed by atoms with Crippen LogP contribution in [0.4, 0.5) is 5.69 Å². The number of benzene rings is 2. The van der Waals surface area contributed by atoms with Gasteiger partial charge in [-0.25, -0.2) is 9.78 Å². The first-order valence-electron chi connectivity index (χ1n) is 10.6. The van der Waals surface area contributed by atoms with Gasteiger partial charge in [0.25, 0.3) is 0 Å². The predicted octanol–water partition coefficient (Wildman–Crippen LogP) is 4.22. The summed E-state index contributed by atoms with van der Waals surface area (Å²) in [7, 11) is 0. The summed E-state index contributed by atoms with van der Waals surface area (Å²) in [6, 6.07) is 18.0. The van der Waals surface area contributed by atoms with Crippen LogP contribution in [0.2, 0.25) is 0 Å². The van der Waals surface area contributed by atoms with Crippen molar-refractivity contribution < 1.29 is 9.53 Å². The number of para-hydroxylation sites is 2. The first-order chi connectivity index (χ1) is 16.0. The molecule has 1 N–H and O–H groups in total. The van der Waals surface area contributed by atoms with Crippen LogP contribution >= 0.6 is 0 Å². The highest BCUT2D eigenvalue weighted by atomic mass is 16.5. The third-order valence-electron chi connectivity index (χ3n) is 5.25. The number of nitriles is 1. The number of aryl methyl sites for hydroxylation is 2. The van der Waals surface area contributed by atoms with Gasteiger partial charge < -0.3 is 10.1 Å². The number of hydrogen-bond donors (Lipinski definition) is 1. The van der Waals surface area contributed by atoms with E-state index in [1.807, 2.05) is 44.2 Å². The number of fused-ring (bicyclic) bond motifs is 1. The van der Waals surface area contributed by atoms with Gasteiger partial charge in [0.1, 0.15) is 23.9 Å². The number of rotatable bonds is 7. The molecule has 0 saturated carbocycles. The molecule has 0 saturated heterocycles. The predicted molar refractivity (Wildman–Crippen MR) is 125 cm³/mol. The molecule has 4 aromatic rings. The van der Waals surface area contributed by atoms with E-state index in [1.54, 1.807) is 41.1 Å². The molecule has 0 aliphatic rings. The SMILES string of the molecule is CCCn1c(=O)n(CC(=O)Nc2ccc(Oc3ncccc3C#N)cc2C)c2ccccc21. The second-order valence-electron chi connectivity index (χ2n) is 7.60. The molecule has 0 aliphatic carbocycles. The number of hydrogen-bond acceptors (Lipinski definition) is 5. The Bertz CT molecular complexity index is 1430. The van der Waals surface area contributed by atoms with E-state index in [2.05, 4.69) is 10.3 Å². The molecular weight excluding hydrogens is 418 g/mol. The van der Waals surface area contributed by atoms with E-state index in [1.165, 1.54) is 4.57 Å². The minimum Gasteiger partial charge on any atom is -0.438 e. The molecule has 0 aliphatic heterocycles. The van der Waals surface area contributed by atoms with Gasteiger partial charge in [-0.15, -0.1) is 0 Å². The van der Waals surface area contributed by atoms with Gasteiger partial charge >= 0.3 is 5.69 Å². The van der Waals surface area contributed by atoms with Gasteiger partial charge in [0.15, 0.2) is 0 Å². The van der Waals surface area contributed by atoms with Crippen LogP contribution in [0.15, 0.2) is 65.6 Å². The van der Waals surface area contributed by atoms with E-state index in [9.17, 15) is 14.9 Å². The minimum atomic E-state index is -0.301. The summed E-state index contributed by atoms with van der Waals surface area (Å²) in [6.45, 7) is 4.35.